The summed E-state index contributed by atoms with van der Waals surface area (Å²) in [6.45, 7) is 6.54. The minimum atomic E-state index is -0.892. The van der Waals surface area contributed by atoms with Crippen molar-refractivity contribution >= 4 is 17.9 Å². The summed E-state index contributed by atoms with van der Waals surface area (Å²) in [5.74, 6) is -1.25. The van der Waals surface area contributed by atoms with Gasteiger partial charge in [-0.15, -0.1) is 0 Å². The molecular weight excluding hydrogens is 250 g/mol. The zero-order chi connectivity index (χ0) is 14.8. The molecule has 0 aliphatic heterocycles. The molecule has 0 fully saturated rings. The molecule has 0 saturated carbocycles. The zero-order valence-corrected chi connectivity index (χ0v) is 11.7. The molecular formula is C12H23N3O4. The van der Waals surface area contributed by atoms with Crippen molar-refractivity contribution < 1.29 is 19.5 Å². The Balaban J connectivity index is 4.14. The number of likely N-dealkylation sites (N-methyl/N-ethyl adjacent to an activating group) is 2. The van der Waals surface area contributed by atoms with Crippen molar-refractivity contribution in [2.24, 2.45) is 5.92 Å². The fourth-order valence-corrected chi connectivity index (χ4v) is 1.50. The van der Waals surface area contributed by atoms with E-state index in [4.69, 9.17) is 5.11 Å². The van der Waals surface area contributed by atoms with Gasteiger partial charge in [0.1, 0.15) is 6.54 Å². The summed E-state index contributed by atoms with van der Waals surface area (Å²) >= 11 is 0. The average Bonchev–Trinajstić information content (AvgIpc) is 2.32. The van der Waals surface area contributed by atoms with Crippen LogP contribution in [0, 0.1) is 5.92 Å². The SMILES string of the molecule is CCNC(=O)CN(CC)C(=O)NCC(C)CC(=O)O. The van der Waals surface area contributed by atoms with Crippen molar-refractivity contribution in [1.82, 2.24) is 15.5 Å². The highest BCUT2D eigenvalue weighted by molar-refractivity contribution is 5.84. The van der Waals surface area contributed by atoms with E-state index in [2.05, 4.69) is 10.6 Å². The first kappa shape index (κ1) is 17.2. The number of nitrogens with zero attached hydrogens (tertiary/aromatic N) is 1. The van der Waals surface area contributed by atoms with Crippen LogP contribution in [0.25, 0.3) is 0 Å². The first-order valence-corrected chi connectivity index (χ1v) is 6.41. The van der Waals surface area contributed by atoms with Gasteiger partial charge in [0, 0.05) is 26.1 Å². The molecule has 0 bridgehead atoms. The van der Waals surface area contributed by atoms with Crippen molar-refractivity contribution in [2.45, 2.75) is 27.2 Å². The topological polar surface area (TPSA) is 98.7 Å². The van der Waals surface area contributed by atoms with Gasteiger partial charge in [0.15, 0.2) is 0 Å². The van der Waals surface area contributed by atoms with E-state index in [0.29, 0.717) is 13.1 Å². The maximum Gasteiger partial charge on any atom is 0.317 e. The van der Waals surface area contributed by atoms with E-state index in [1.165, 1.54) is 4.90 Å². The first-order valence-electron chi connectivity index (χ1n) is 6.41. The van der Waals surface area contributed by atoms with E-state index in [-0.39, 0.29) is 37.4 Å². The summed E-state index contributed by atoms with van der Waals surface area (Å²) in [5, 5.41) is 13.9. The number of hydrogen-bond donors (Lipinski definition) is 3. The molecule has 0 aromatic heterocycles. The van der Waals surface area contributed by atoms with E-state index >= 15 is 0 Å². The standard InChI is InChI=1S/C12H23N3O4/c1-4-13-10(16)8-15(5-2)12(19)14-7-9(3)6-11(17)18/h9H,4-8H2,1-3H3,(H,13,16)(H,14,19)(H,17,18). The van der Waals surface area contributed by atoms with Gasteiger partial charge in [-0.05, 0) is 19.8 Å². The highest BCUT2D eigenvalue weighted by Crippen LogP contribution is 2.00. The van der Waals surface area contributed by atoms with E-state index in [0.717, 1.165) is 0 Å². The number of carbonyl (C=O) groups excluding carboxylic acids is 2. The molecule has 19 heavy (non-hydrogen) atoms. The quantitative estimate of drug-likeness (QED) is 0.591. The molecule has 0 aromatic rings. The van der Waals surface area contributed by atoms with Crippen LogP contribution in [0.2, 0.25) is 0 Å². The maximum atomic E-state index is 11.8. The van der Waals surface area contributed by atoms with Crippen LogP contribution in [0.5, 0.6) is 0 Å². The molecule has 3 N–H and O–H groups in total. The summed E-state index contributed by atoms with van der Waals surface area (Å²) < 4.78 is 0. The largest absolute Gasteiger partial charge is 0.481 e. The second-order valence-electron chi connectivity index (χ2n) is 4.36. The van der Waals surface area contributed by atoms with E-state index in [1.54, 1.807) is 13.8 Å². The lowest BCUT2D eigenvalue weighted by atomic mass is 10.1. The molecule has 0 aromatic carbocycles. The van der Waals surface area contributed by atoms with Gasteiger partial charge in [-0.1, -0.05) is 6.92 Å². The Morgan fingerprint density at radius 2 is 1.84 bits per heavy atom. The van der Waals surface area contributed by atoms with Crippen LogP contribution in [0.3, 0.4) is 0 Å². The lowest BCUT2D eigenvalue weighted by Crippen LogP contribution is -2.46. The normalized spacial score (nSPS) is 11.5. The van der Waals surface area contributed by atoms with Crippen LogP contribution in [0.15, 0.2) is 0 Å². The number of carboxylic acid groups (broad SMARTS) is 1. The maximum absolute atomic E-state index is 11.8. The van der Waals surface area contributed by atoms with E-state index in [9.17, 15) is 14.4 Å². The summed E-state index contributed by atoms with van der Waals surface area (Å²) in [7, 11) is 0. The Morgan fingerprint density at radius 3 is 2.32 bits per heavy atom. The Hall–Kier alpha value is -1.79. The van der Waals surface area contributed by atoms with Gasteiger partial charge in [0.25, 0.3) is 0 Å². The summed E-state index contributed by atoms with van der Waals surface area (Å²) in [4.78, 5) is 35.0. The summed E-state index contributed by atoms with van der Waals surface area (Å²) in [5.41, 5.74) is 0. The van der Waals surface area contributed by atoms with Crippen LogP contribution < -0.4 is 10.6 Å². The Labute approximate surface area is 113 Å². The minimum absolute atomic E-state index is 0.00270. The van der Waals surface area contributed by atoms with Crippen LogP contribution in [0.1, 0.15) is 27.2 Å². The van der Waals surface area contributed by atoms with E-state index in [1.807, 2.05) is 6.92 Å². The minimum Gasteiger partial charge on any atom is -0.481 e. The molecule has 0 saturated heterocycles. The fraction of sp³-hybridized carbons (Fsp3) is 0.750. The molecule has 110 valence electrons. The van der Waals surface area contributed by atoms with Gasteiger partial charge in [0.05, 0.1) is 0 Å². The molecule has 0 aliphatic carbocycles. The number of hydrogen-bond acceptors (Lipinski definition) is 3. The highest BCUT2D eigenvalue weighted by Gasteiger charge is 2.16. The summed E-state index contributed by atoms with van der Waals surface area (Å²) in [6, 6.07) is -0.356. The third-order valence-corrected chi connectivity index (χ3v) is 2.50. The average molecular weight is 273 g/mol. The molecule has 1 unspecified atom stereocenters. The van der Waals surface area contributed by atoms with Crippen LogP contribution in [0.4, 0.5) is 4.79 Å². The highest BCUT2D eigenvalue weighted by atomic mass is 16.4. The fourth-order valence-electron chi connectivity index (χ4n) is 1.50. The molecule has 0 radical (unpaired) electrons. The van der Waals surface area contributed by atoms with Crippen LogP contribution >= 0.6 is 0 Å². The molecule has 1 atom stereocenters. The van der Waals surface area contributed by atoms with Crippen LogP contribution in [-0.4, -0.2) is 54.1 Å². The molecule has 7 heteroatoms. The Bertz CT molecular complexity index is 320. The predicted molar refractivity (Wildman–Crippen MR) is 70.7 cm³/mol. The van der Waals surface area contributed by atoms with Gasteiger partial charge in [0.2, 0.25) is 5.91 Å². The van der Waals surface area contributed by atoms with Gasteiger partial charge in [-0.3, -0.25) is 9.59 Å². The third-order valence-electron chi connectivity index (χ3n) is 2.50. The molecule has 0 spiro atoms. The van der Waals surface area contributed by atoms with Crippen molar-refractivity contribution in [1.29, 1.82) is 0 Å². The number of carbonyl (C=O) groups is 3. The number of nitrogens with one attached hydrogen (secondary N) is 2. The van der Waals surface area contributed by atoms with Gasteiger partial charge in [-0.25, -0.2) is 4.79 Å². The number of urea groups is 1. The second kappa shape index (κ2) is 9.18. The molecule has 3 amide bonds. The monoisotopic (exact) mass is 273 g/mol. The molecule has 0 rings (SSSR count). The number of rotatable bonds is 8. The number of amides is 3. The van der Waals surface area contributed by atoms with Crippen molar-refractivity contribution in [3.05, 3.63) is 0 Å². The smallest absolute Gasteiger partial charge is 0.317 e. The van der Waals surface area contributed by atoms with Crippen molar-refractivity contribution in [3.63, 3.8) is 0 Å². The number of aliphatic carboxylic acids is 1. The zero-order valence-electron chi connectivity index (χ0n) is 11.7. The molecule has 0 heterocycles. The lowest BCUT2D eigenvalue weighted by Gasteiger charge is -2.21. The Morgan fingerprint density at radius 1 is 1.21 bits per heavy atom. The van der Waals surface area contributed by atoms with E-state index < -0.39 is 5.97 Å². The Kier molecular flexibility index (Phi) is 8.32. The number of carboxylic acids is 1. The van der Waals surface area contributed by atoms with Crippen molar-refractivity contribution in [3.8, 4) is 0 Å². The molecule has 7 nitrogen and oxygen atoms in total. The molecule has 0 aliphatic rings. The van der Waals surface area contributed by atoms with Gasteiger partial charge < -0.3 is 20.6 Å². The van der Waals surface area contributed by atoms with Gasteiger partial charge in [-0.2, -0.15) is 0 Å². The summed E-state index contributed by atoms with van der Waals surface area (Å²) in [6.07, 6.45) is 0.00270. The third kappa shape index (κ3) is 8.01. The van der Waals surface area contributed by atoms with Crippen molar-refractivity contribution in [2.75, 3.05) is 26.2 Å². The second-order valence-corrected chi connectivity index (χ2v) is 4.36. The van der Waals surface area contributed by atoms with Gasteiger partial charge >= 0.3 is 12.0 Å². The first-order chi connectivity index (χ1) is 8.90. The van der Waals surface area contributed by atoms with Crippen LogP contribution in [-0.2, 0) is 9.59 Å². The predicted octanol–water partition coefficient (Wildman–Crippen LogP) is 0.265. The lowest BCUT2D eigenvalue weighted by molar-refractivity contribution is -0.137.